The van der Waals surface area contributed by atoms with Crippen LogP contribution in [0.2, 0.25) is 0 Å². The fourth-order valence-electron chi connectivity index (χ4n) is 13.6. The molecule has 266 valence electrons. The predicted molar refractivity (Wildman–Crippen MR) is 213 cm³/mol. The number of aromatic amines is 2. The maximum Gasteiger partial charge on any atom is 2.00 e. The average Bonchev–Trinajstić information content (AvgIpc) is 3.95. The summed E-state index contributed by atoms with van der Waals surface area (Å²) in [5.74, 6) is 6.14. The van der Waals surface area contributed by atoms with Crippen LogP contribution in [0.15, 0.2) is 126 Å². The van der Waals surface area contributed by atoms with Crippen LogP contribution in [0.5, 0.6) is 0 Å². The molecule has 0 spiro atoms. The molecule has 51 heavy (non-hydrogen) atoms. The summed E-state index contributed by atoms with van der Waals surface area (Å²) in [6.07, 6.45) is 45.2. The van der Waals surface area contributed by atoms with Gasteiger partial charge in [-0.15, -0.1) is 45.5 Å². The number of hydrogen-bond acceptors (Lipinski definition) is 0. The molecule has 2 N–H and O–H groups in total. The van der Waals surface area contributed by atoms with Crippen molar-refractivity contribution in [2.75, 3.05) is 6.16 Å². The van der Waals surface area contributed by atoms with Gasteiger partial charge in [0.1, 0.15) is 0 Å². The van der Waals surface area contributed by atoms with Gasteiger partial charge in [-0.2, -0.15) is 18.2 Å². The van der Waals surface area contributed by atoms with Crippen molar-refractivity contribution >= 4 is 17.2 Å². The van der Waals surface area contributed by atoms with Gasteiger partial charge in [-0.05, 0) is 163 Å². The summed E-state index contributed by atoms with van der Waals surface area (Å²) in [5.41, 5.74) is 8.62. The maximum absolute atomic E-state index is 3.42. The number of rotatable bonds is 7. The van der Waals surface area contributed by atoms with Crippen LogP contribution in [-0.2, 0) is 22.2 Å². The molecule has 2 aromatic heterocycles. The third kappa shape index (κ3) is 6.06. The maximum atomic E-state index is 3.42. The molecule has 8 bridgehead atoms. The number of hydrogen-bond donors (Lipinski definition) is 2. The molecule has 2 heterocycles. The zero-order valence-electron chi connectivity index (χ0n) is 29.9. The first kappa shape index (κ1) is 34.6. The molecular weight excluding hydrogens is 698 g/mol. The van der Waals surface area contributed by atoms with E-state index in [4.69, 9.17) is 0 Å². The molecule has 8 saturated carbocycles. The molecule has 1 unspecified atom stereocenters. The van der Waals surface area contributed by atoms with Crippen LogP contribution in [0.1, 0.15) is 88.2 Å². The molecule has 10 aliphatic carbocycles. The van der Waals surface area contributed by atoms with E-state index in [1.165, 1.54) is 34.0 Å². The summed E-state index contributed by atoms with van der Waals surface area (Å²) in [4.78, 5) is 6.85. The van der Waals surface area contributed by atoms with Crippen molar-refractivity contribution in [1.29, 1.82) is 0 Å². The van der Waals surface area contributed by atoms with Crippen molar-refractivity contribution in [1.82, 2.24) is 9.97 Å². The van der Waals surface area contributed by atoms with Gasteiger partial charge >= 0.3 is 17.1 Å². The van der Waals surface area contributed by atoms with Crippen LogP contribution in [0.25, 0.3) is 0 Å². The molecule has 5 heteroatoms. The first-order chi connectivity index (χ1) is 24.5. The normalized spacial score (nSPS) is 37.4. The minimum atomic E-state index is -0.285. The standard InChI is InChI=1S/C41H49N2P2.C5H5.Fe/c44-41(36-6-8-42-24-36,37-7-9-43-25-37)38-17-34(33-4-2-1-3-5-33)16-35(38)26-45(39-18-27-10-28(19-39)12-29(11-27)20-39)40-21-30-13-31(22-40)15-32(14-30)23-40;1-2-4-5-3-1;/h1-9,16-17,24-25,27-32,42-43H,10-15,18-23,26,44H2;1-5H;/q2*-1;+2. The third-order valence-electron chi connectivity index (χ3n) is 14.7. The summed E-state index contributed by atoms with van der Waals surface area (Å²) < 4.78 is 0. The second kappa shape index (κ2) is 13.6. The number of allylic oxidation sites excluding steroid dienone is 10. The number of H-pyrrole nitrogens is 2. The van der Waals surface area contributed by atoms with Gasteiger partial charge in [0, 0.05) is 24.8 Å². The fraction of sp³-hybridized carbons (Fsp3) is 0.478. The minimum Gasteiger partial charge on any atom is -0.367 e. The molecule has 1 atom stereocenters. The summed E-state index contributed by atoms with van der Waals surface area (Å²) >= 11 is 0. The quantitative estimate of drug-likeness (QED) is 0.137. The Morgan fingerprint density at radius 2 is 1.24 bits per heavy atom. The Bertz CT molecular complexity index is 1670. The Balaban J connectivity index is 0.000000537. The first-order valence-electron chi connectivity index (χ1n) is 19.8. The van der Waals surface area contributed by atoms with E-state index in [-0.39, 0.29) is 30.1 Å². The van der Waals surface area contributed by atoms with Crippen molar-refractivity contribution in [3.63, 3.8) is 0 Å². The molecule has 3 aromatic rings. The second-order valence-electron chi connectivity index (χ2n) is 17.9. The van der Waals surface area contributed by atoms with Crippen LogP contribution in [0, 0.1) is 41.9 Å². The van der Waals surface area contributed by atoms with Crippen LogP contribution in [-0.4, -0.2) is 26.4 Å². The van der Waals surface area contributed by atoms with E-state index in [2.05, 4.69) is 99.0 Å². The Labute approximate surface area is 320 Å². The van der Waals surface area contributed by atoms with Gasteiger partial charge in [-0.3, -0.25) is 0 Å². The summed E-state index contributed by atoms with van der Waals surface area (Å²) in [7, 11) is 3.24. The van der Waals surface area contributed by atoms with Gasteiger partial charge in [0.25, 0.3) is 0 Å². The summed E-state index contributed by atoms with van der Waals surface area (Å²) in [5, 5.41) is 0.970. The zero-order chi connectivity index (χ0) is 33.3. The monoisotopic (exact) mass is 752 g/mol. The van der Waals surface area contributed by atoms with E-state index in [0.717, 1.165) is 35.5 Å². The number of nitrogens with one attached hydrogen (secondary N) is 2. The van der Waals surface area contributed by atoms with Gasteiger partial charge in [-0.25, -0.2) is 12.1 Å². The largest absolute Gasteiger partial charge is 2.00 e. The molecule has 0 radical (unpaired) electrons. The van der Waals surface area contributed by atoms with E-state index in [0.29, 0.717) is 10.3 Å². The van der Waals surface area contributed by atoms with E-state index in [9.17, 15) is 0 Å². The molecule has 0 aliphatic heterocycles. The Morgan fingerprint density at radius 3 is 1.63 bits per heavy atom. The molecule has 2 nitrogen and oxygen atoms in total. The fourth-order valence-corrected chi connectivity index (χ4v) is 19.4. The Morgan fingerprint density at radius 1 is 0.725 bits per heavy atom. The van der Waals surface area contributed by atoms with Crippen molar-refractivity contribution in [3.8, 4) is 0 Å². The minimum absolute atomic E-state index is 0. The van der Waals surface area contributed by atoms with Gasteiger partial charge in [0.05, 0.1) is 5.16 Å². The van der Waals surface area contributed by atoms with E-state index in [1.54, 1.807) is 82.6 Å². The molecule has 0 amide bonds. The smallest absolute Gasteiger partial charge is 0.367 e. The van der Waals surface area contributed by atoms with E-state index in [1.807, 2.05) is 30.3 Å². The summed E-state index contributed by atoms with van der Waals surface area (Å²) in [6, 6.07) is 14.6. The molecule has 1 aromatic carbocycles. The van der Waals surface area contributed by atoms with E-state index >= 15 is 0 Å². The topological polar surface area (TPSA) is 31.6 Å². The first-order valence-corrected chi connectivity index (χ1v) is 21.9. The van der Waals surface area contributed by atoms with Crippen LogP contribution in [0.3, 0.4) is 0 Å². The Hall–Kier alpha value is -2.14. The molecular formula is C46H54FeN2P2. The molecule has 0 saturated heterocycles. The van der Waals surface area contributed by atoms with E-state index < -0.39 is 0 Å². The molecule has 10 aliphatic rings. The zero-order valence-corrected chi connectivity index (χ0v) is 33.1. The summed E-state index contributed by atoms with van der Waals surface area (Å²) in [6.45, 7) is 0. The van der Waals surface area contributed by atoms with Crippen molar-refractivity contribution in [3.05, 3.63) is 144 Å². The third-order valence-corrected chi connectivity index (χ3v) is 19.7. The average molecular weight is 753 g/mol. The van der Waals surface area contributed by atoms with Crippen molar-refractivity contribution < 1.29 is 17.1 Å². The van der Waals surface area contributed by atoms with Gasteiger partial charge in [0.2, 0.25) is 0 Å². The second-order valence-corrected chi connectivity index (χ2v) is 21.8. The van der Waals surface area contributed by atoms with Crippen LogP contribution in [0.4, 0.5) is 0 Å². The van der Waals surface area contributed by atoms with Crippen molar-refractivity contribution in [2.24, 2.45) is 35.5 Å². The number of aromatic nitrogens is 2. The predicted octanol–water partition coefficient (Wildman–Crippen LogP) is 11.8. The molecule has 8 fully saturated rings. The van der Waals surface area contributed by atoms with Gasteiger partial charge < -0.3 is 9.97 Å². The van der Waals surface area contributed by atoms with Gasteiger partial charge in [-0.1, -0.05) is 25.6 Å². The van der Waals surface area contributed by atoms with Crippen LogP contribution >= 0.6 is 17.2 Å². The Kier molecular flexibility index (Phi) is 9.24. The SMILES string of the molecule is PC(C1=CC(=C2C=CC=C[CH-]2)C=C1CP(C12CC3CC(CC(C3)C1)C2)C12CC3CC(CC(C3)C1)C2)(c1cc[nH]c1)c1cc[nH]c1.[Fe+2].c1cc[cH-]c1. The van der Waals surface area contributed by atoms with Crippen LogP contribution < -0.4 is 0 Å². The van der Waals surface area contributed by atoms with Gasteiger partial charge in [0.15, 0.2) is 0 Å². The molecule has 13 rings (SSSR count). The van der Waals surface area contributed by atoms with Crippen molar-refractivity contribution in [2.45, 2.75) is 92.5 Å².